The normalized spacial score (nSPS) is 27.6. The van der Waals surface area contributed by atoms with Gasteiger partial charge in [-0.2, -0.15) is 0 Å². The van der Waals surface area contributed by atoms with Crippen molar-refractivity contribution in [3.63, 3.8) is 0 Å². The number of hydrogen-bond donors (Lipinski definition) is 2. The summed E-state index contributed by atoms with van der Waals surface area (Å²) in [5, 5.41) is 3.30. The van der Waals surface area contributed by atoms with E-state index in [1.165, 1.54) is 11.4 Å². The molecule has 1 heterocycles. The van der Waals surface area contributed by atoms with E-state index < -0.39 is 0 Å². The number of thiazole rings is 1. The predicted molar refractivity (Wildman–Crippen MR) is 58.9 cm³/mol. The lowest BCUT2D eigenvalue weighted by atomic mass is 10.1. The van der Waals surface area contributed by atoms with Crippen LogP contribution < -0.4 is 11.3 Å². The lowest BCUT2D eigenvalue weighted by Gasteiger charge is -2.13. The summed E-state index contributed by atoms with van der Waals surface area (Å²) in [6.07, 6.45) is 2.28. The molecule has 2 rings (SSSR count). The van der Waals surface area contributed by atoms with Gasteiger partial charge >= 0.3 is 0 Å². The highest BCUT2D eigenvalue weighted by Gasteiger charge is 2.39. The van der Waals surface area contributed by atoms with Crippen molar-refractivity contribution >= 4 is 11.3 Å². The quantitative estimate of drug-likeness (QED) is 0.586. The fraction of sp³-hybridized carbons (Fsp3) is 0.700. The highest BCUT2D eigenvalue weighted by atomic mass is 32.1. The summed E-state index contributed by atoms with van der Waals surface area (Å²) in [7, 11) is 0. The molecule has 0 spiro atoms. The third-order valence-electron chi connectivity index (χ3n) is 2.96. The van der Waals surface area contributed by atoms with Crippen LogP contribution in [-0.2, 0) is 6.42 Å². The molecule has 78 valence electrons. The van der Waals surface area contributed by atoms with Crippen LogP contribution in [0.1, 0.15) is 24.0 Å². The zero-order chi connectivity index (χ0) is 10.1. The maximum Gasteiger partial charge on any atom is 0.0944 e. The molecule has 0 bridgehead atoms. The first-order valence-electron chi connectivity index (χ1n) is 5.08. The Balaban J connectivity index is 1.94. The molecule has 3 nitrogen and oxygen atoms in total. The Morgan fingerprint density at radius 2 is 2.50 bits per heavy atom. The molecular formula is C10H17N3S. The van der Waals surface area contributed by atoms with Crippen molar-refractivity contribution in [1.82, 2.24) is 10.4 Å². The number of nitrogens with two attached hydrogens (primary N) is 1. The monoisotopic (exact) mass is 211 g/mol. The van der Waals surface area contributed by atoms with Crippen molar-refractivity contribution in [3.8, 4) is 0 Å². The number of aromatic nitrogens is 1. The summed E-state index contributed by atoms with van der Waals surface area (Å²) in [5.74, 6) is 7.14. The van der Waals surface area contributed by atoms with Gasteiger partial charge in [-0.15, -0.1) is 11.3 Å². The van der Waals surface area contributed by atoms with Gasteiger partial charge in [0, 0.05) is 23.5 Å². The first kappa shape index (κ1) is 10.1. The second-order valence-electron chi connectivity index (χ2n) is 4.24. The second-order valence-corrected chi connectivity index (χ2v) is 5.18. The van der Waals surface area contributed by atoms with E-state index in [1.807, 2.05) is 6.92 Å². The van der Waals surface area contributed by atoms with Gasteiger partial charge in [0.25, 0.3) is 0 Å². The summed E-state index contributed by atoms with van der Waals surface area (Å²) in [4.78, 5) is 4.46. The summed E-state index contributed by atoms with van der Waals surface area (Å²) < 4.78 is 0. The van der Waals surface area contributed by atoms with E-state index >= 15 is 0 Å². The molecule has 1 aliphatic carbocycles. The summed E-state index contributed by atoms with van der Waals surface area (Å²) in [6.45, 7) is 4.31. The van der Waals surface area contributed by atoms with Gasteiger partial charge in [-0.1, -0.05) is 6.92 Å². The number of nitrogens with zero attached hydrogens (tertiary/aromatic N) is 1. The van der Waals surface area contributed by atoms with Gasteiger partial charge in [0.15, 0.2) is 0 Å². The fourth-order valence-corrected chi connectivity index (χ4v) is 2.76. The first-order valence-corrected chi connectivity index (χ1v) is 5.96. The Bertz CT molecular complexity index is 310. The number of aryl methyl sites for hydroxylation is 1. The van der Waals surface area contributed by atoms with Crippen LogP contribution in [0.4, 0.5) is 0 Å². The van der Waals surface area contributed by atoms with Gasteiger partial charge in [-0.05, 0) is 25.2 Å². The SMILES string of the molecule is Cc1csc(CC(NN)C2CC2C)n1. The van der Waals surface area contributed by atoms with Crippen LogP contribution in [0.25, 0.3) is 0 Å². The zero-order valence-corrected chi connectivity index (χ0v) is 9.47. The largest absolute Gasteiger partial charge is 0.271 e. The average molecular weight is 211 g/mol. The second kappa shape index (κ2) is 3.96. The number of hydrogen-bond acceptors (Lipinski definition) is 4. The molecule has 14 heavy (non-hydrogen) atoms. The van der Waals surface area contributed by atoms with Crippen molar-refractivity contribution in [2.75, 3.05) is 0 Å². The molecule has 4 heteroatoms. The van der Waals surface area contributed by atoms with Crippen molar-refractivity contribution in [3.05, 3.63) is 16.1 Å². The minimum atomic E-state index is 0.413. The highest BCUT2D eigenvalue weighted by Crippen LogP contribution is 2.41. The van der Waals surface area contributed by atoms with E-state index in [2.05, 4.69) is 22.7 Å². The fourth-order valence-electron chi connectivity index (χ4n) is 1.93. The van der Waals surface area contributed by atoms with Gasteiger partial charge < -0.3 is 0 Å². The standard InChI is InChI=1S/C10H17N3S/c1-6-3-8(6)9(13-11)4-10-12-7(2)5-14-10/h5-6,8-9,13H,3-4,11H2,1-2H3. The van der Waals surface area contributed by atoms with Gasteiger partial charge in [-0.25, -0.2) is 4.98 Å². The minimum absolute atomic E-state index is 0.413. The third kappa shape index (κ3) is 2.13. The van der Waals surface area contributed by atoms with Crippen LogP contribution in [0, 0.1) is 18.8 Å². The predicted octanol–water partition coefficient (Wildman–Crippen LogP) is 1.48. The molecule has 1 aromatic heterocycles. The Hall–Kier alpha value is -0.450. The van der Waals surface area contributed by atoms with Crippen LogP contribution >= 0.6 is 11.3 Å². The maximum atomic E-state index is 5.56. The molecule has 1 saturated carbocycles. The van der Waals surface area contributed by atoms with E-state index in [0.717, 1.165) is 24.0 Å². The minimum Gasteiger partial charge on any atom is -0.271 e. The summed E-state index contributed by atoms with van der Waals surface area (Å²) in [5.41, 5.74) is 4.03. The highest BCUT2D eigenvalue weighted by molar-refractivity contribution is 7.09. The Labute approximate surface area is 88.7 Å². The van der Waals surface area contributed by atoms with Gasteiger partial charge in [0.2, 0.25) is 0 Å². The number of hydrazine groups is 1. The summed E-state index contributed by atoms with van der Waals surface area (Å²) in [6, 6.07) is 0.413. The molecule has 0 aromatic carbocycles. The van der Waals surface area contributed by atoms with Gasteiger partial charge in [-0.3, -0.25) is 11.3 Å². The number of nitrogens with one attached hydrogen (secondary N) is 1. The van der Waals surface area contributed by atoms with Crippen molar-refractivity contribution in [2.24, 2.45) is 17.7 Å². The molecule has 0 saturated heterocycles. The molecule has 1 aliphatic rings. The van der Waals surface area contributed by atoms with Crippen molar-refractivity contribution in [2.45, 2.75) is 32.7 Å². The van der Waals surface area contributed by atoms with E-state index in [9.17, 15) is 0 Å². The van der Waals surface area contributed by atoms with Crippen LogP contribution in [0.15, 0.2) is 5.38 Å². The molecule has 0 radical (unpaired) electrons. The van der Waals surface area contributed by atoms with Crippen molar-refractivity contribution < 1.29 is 0 Å². The van der Waals surface area contributed by atoms with Gasteiger partial charge in [0.05, 0.1) is 5.01 Å². The Morgan fingerprint density at radius 1 is 1.79 bits per heavy atom. The molecule has 1 fully saturated rings. The van der Waals surface area contributed by atoms with Crippen LogP contribution in [0.5, 0.6) is 0 Å². The lowest BCUT2D eigenvalue weighted by molar-refractivity contribution is 0.453. The van der Waals surface area contributed by atoms with E-state index in [-0.39, 0.29) is 0 Å². The van der Waals surface area contributed by atoms with E-state index in [0.29, 0.717) is 6.04 Å². The third-order valence-corrected chi connectivity index (χ3v) is 3.95. The topological polar surface area (TPSA) is 50.9 Å². The molecule has 0 amide bonds. The van der Waals surface area contributed by atoms with Crippen molar-refractivity contribution in [1.29, 1.82) is 0 Å². The molecule has 3 unspecified atom stereocenters. The van der Waals surface area contributed by atoms with E-state index in [1.54, 1.807) is 11.3 Å². The molecule has 3 atom stereocenters. The Morgan fingerprint density at radius 3 is 2.93 bits per heavy atom. The van der Waals surface area contributed by atoms with Crippen LogP contribution in [0.2, 0.25) is 0 Å². The molecular weight excluding hydrogens is 194 g/mol. The summed E-state index contributed by atoms with van der Waals surface area (Å²) >= 11 is 1.73. The molecule has 1 aromatic rings. The average Bonchev–Trinajstić information content (AvgIpc) is 2.72. The molecule has 3 N–H and O–H groups in total. The maximum absolute atomic E-state index is 5.56. The van der Waals surface area contributed by atoms with Gasteiger partial charge in [0.1, 0.15) is 0 Å². The Kier molecular flexibility index (Phi) is 2.85. The first-order chi connectivity index (χ1) is 6.70. The smallest absolute Gasteiger partial charge is 0.0944 e. The van der Waals surface area contributed by atoms with Crippen LogP contribution in [0.3, 0.4) is 0 Å². The van der Waals surface area contributed by atoms with Crippen LogP contribution in [-0.4, -0.2) is 11.0 Å². The van der Waals surface area contributed by atoms with E-state index in [4.69, 9.17) is 5.84 Å². The lowest BCUT2D eigenvalue weighted by Crippen LogP contribution is -2.38. The molecule has 0 aliphatic heterocycles. The number of rotatable bonds is 4. The zero-order valence-electron chi connectivity index (χ0n) is 8.66.